The Morgan fingerprint density at radius 1 is 1.13 bits per heavy atom. The number of thioether (sulfide) groups is 1. The number of para-hydroxylation sites is 1. The van der Waals surface area contributed by atoms with Crippen LogP contribution in [0.15, 0.2) is 53.7 Å². The van der Waals surface area contributed by atoms with Gasteiger partial charge in [0.1, 0.15) is 23.1 Å². The van der Waals surface area contributed by atoms with Gasteiger partial charge in [0.15, 0.2) is 5.16 Å². The topological polar surface area (TPSA) is 78.3 Å². The molecule has 0 unspecified atom stereocenters. The quantitative estimate of drug-likeness (QED) is 0.389. The summed E-state index contributed by atoms with van der Waals surface area (Å²) >= 11 is 1.50. The summed E-state index contributed by atoms with van der Waals surface area (Å²) < 4.78 is 26.4. The highest BCUT2D eigenvalue weighted by molar-refractivity contribution is 7.99. The van der Waals surface area contributed by atoms with E-state index in [0.29, 0.717) is 29.9 Å². The molecule has 0 atom stereocenters. The minimum Gasteiger partial charge on any atom is -0.497 e. The molecule has 0 fully saturated rings. The van der Waals surface area contributed by atoms with Gasteiger partial charge in [-0.3, -0.25) is 4.79 Å². The van der Waals surface area contributed by atoms with Gasteiger partial charge in [-0.15, -0.1) is 10.2 Å². The Kier molecular flexibility index (Phi) is 7.67. The Hall–Kier alpha value is -3.07. The Morgan fingerprint density at radius 2 is 1.87 bits per heavy atom. The van der Waals surface area contributed by atoms with Gasteiger partial charge in [0.2, 0.25) is 5.91 Å². The number of ether oxygens (including phenoxy) is 2. The largest absolute Gasteiger partial charge is 0.497 e. The number of nitrogens with one attached hydrogen (secondary N) is 1. The van der Waals surface area contributed by atoms with E-state index in [-0.39, 0.29) is 18.0 Å². The van der Waals surface area contributed by atoms with Crippen LogP contribution >= 0.6 is 11.8 Å². The zero-order valence-corrected chi connectivity index (χ0v) is 17.6. The van der Waals surface area contributed by atoms with Gasteiger partial charge in [0.05, 0.1) is 25.8 Å². The number of hydrogen-bond acceptors (Lipinski definition) is 6. The van der Waals surface area contributed by atoms with Crippen molar-refractivity contribution < 1.29 is 18.7 Å². The predicted molar refractivity (Wildman–Crippen MR) is 114 cm³/mol. The summed E-state index contributed by atoms with van der Waals surface area (Å²) in [6, 6.07) is 13.4. The monoisotopic (exact) mass is 430 g/mol. The first-order valence-corrected chi connectivity index (χ1v) is 10.5. The van der Waals surface area contributed by atoms with Crippen LogP contribution in [0.3, 0.4) is 0 Å². The van der Waals surface area contributed by atoms with E-state index in [4.69, 9.17) is 9.47 Å². The summed E-state index contributed by atoms with van der Waals surface area (Å²) in [4.78, 5) is 12.3. The third-order valence-electron chi connectivity index (χ3n) is 4.22. The molecule has 3 aromatic rings. The highest BCUT2D eigenvalue weighted by atomic mass is 32.2. The average Bonchev–Trinajstić information content (AvgIpc) is 3.14. The molecule has 0 aliphatic carbocycles. The van der Waals surface area contributed by atoms with Crippen LogP contribution in [0.2, 0.25) is 0 Å². The van der Waals surface area contributed by atoms with Crippen molar-refractivity contribution in [3.8, 4) is 11.5 Å². The Labute approximate surface area is 178 Å². The van der Waals surface area contributed by atoms with Crippen LogP contribution in [0.25, 0.3) is 0 Å². The third kappa shape index (κ3) is 5.73. The van der Waals surface area contributed by atoms with Gasteiger partial charge in [-0.2, -0.15) is 0 Å². The summed E-state index contributed by atoms with van der Waals surface area (Å²) in [6.07, 6.45) is 0.0120. The second kappa shape index (κ2) is 10.6. The molecule has 0 aliphatic rings. The molecular formula is C21H23FN4O3S. The number of rotatable bonds is 10. The molecule has 7 nitrogen and oxygen atoms in total. The predicted octanol–water partition coefficient (Wildman–Crippen LogP) is 3.80. The molecule has 0 spiro atoms. The number of amides is 1. The first-order chi connectivity index (χ1) is 14.6. The second-order valence-electron chi connectivity index (χ2n) is 6.22. The lowest BCUT2D eigenvalue weighted by Crippen LogP contribution is -2.18. The van der Waals surface area contributed by atoms with E-state index in [0.717, 1.165) is 11.5 Å². The molecule has 9 heteroatoms. The highest BCUT2D eigenvalue weighted by Crippen LogP contribution is 2.20. The van der Waals surface area contributed by atoms with E-state index >= 15 is 0 Å². The molecule has 3 rings (SSSR count). The molecular weight excluding hydrogens is 407 g/mol. The first kappa shape index (κ1) is 21.6. The van der Waals surface area contributed by atoms with E-state index in [2.05, 4.69) is 15.5 Å². The van der Waals surface area contributed by atoms with Crippen molar-refractivity contribution in [1.29, 1.82) is 0 Å². The number of nitrogens with zero attached hydrogens (tertiary/aromatic N) is 3. The Morgan fingerprint density at radius 3 is 2.57 bits per heavy atom. The summed E-state index contributed by atoms with van der Waals surface area (Å²) in [6.45, 7) is 3.08. The molecule has 0 saturated carbocycles. The highest BCUT2D eigenvalue weighted by Gasteiger charge is 2.15. The average molecular weight is 431 g/mol. The van der Waals surface area contributed by atoms with Crippen molar-refractivity contribution in [3.05, 3.63) is 60.2 Å². The molecule has 1 aromatic heterocycles. The molecule has 1 amide bonds. The van der Waals surface area contributed by atoms with Crippen LogP contribution in [-0.2, 0) is 17.8 Å². The third-order valence-corrected chi connectivity index (χ3v) is 5.15. The summed E-state index contributed by atoms with van der Waals surface area (Å²) in [5.74, 6) is 1.92. The summed E-state index contributed by atoms with van der Waals surface area (Å²) in [5.41, 5.74) is 0.148. The summed E-state index contributed by atoms with van der Waals surface area (Å²) in [7, 11) is 1.62. The number of methoxy groups -OCH3 is 1. The molecule has 1 N–H and O–H groups in total. The zero-order chi connectivity index (χ0) is 21.3. The number of halogens is 1. The van der Waals surface area contributed by atoms with Gasteiger partial charge >= 0.3 is 0 Å². The number of anilines is 1. The fourth-order valence-corrected chi connectivity index (χ4v) is 3.58. The lowest BCUT2D eigenvalue weighted by molar-refractivity contribution is -0.115. The van der Waals surface area contributed by atoms with E-state index in [9.17, 15) is 9.18 Å². The van der Waals surface area contributed by atoms with Crippen LogP contribution in [-0.4, -0.2) is 40.1 Å². The van der Waals surface area contributed by atoms with Crippen molar-refractivity contribution in [1.82, 2.24) is 14.8 Å². The van der Waals surface area contributed by atoms with Crippen molar-refractivity contribution in [2.45, 2.75) is 25.0 Å². The van der Waals surface area contributed by atoms with E-state index in [1.54, 1.807) is 19.2 Å². The number of carbonyl (C=O) groups is 1. The minimum absolute atomic E-state index is 0.0120. The minimum atomic E-state index is -0.476. The van der Waals surface area contributed by atoms with E-state index < -0.39 is 5.82 Å². The van der Waals surface area contributed by atoms with Crippen LogP contribution in [0.1, 0.15) is 12.7 Å². The number of hydrogen-bond donors (Lipinski definition) is 1. The molecule has 0 radical (unpaired) electrons. The van der Waals surface area contributed by atoms with Gasteiger partial charge in [-0.05, 0) is 43.3 Å². The Balaban J connectivity index is 1.51. The Bertz CT molecular complexity index is 979. The fourth-order valence-electron chi connectivity index (χ4n) is 2.74. The maximum atomic E-state index is 13.7. The van der Waals surface area contributed by atoms with Crippen LogP contribution < -0.4 is 14.8 Å². The maximum absolute atomic E-state index is 13.7. The van der Waals surface area contributed by atoms with Gasteiger partial charge < -0.3 is 19.4 Å². The van der Waals surface area contributed by atoms with Crippen molar-refractivity contribution in [2.24, 2.45) is 0 Å². The molecule has 0 bridgehead atoms. The molecule has 2 aromatic carbocycles. The van der Waals surface area contributed by atoms with E-state index in [1.807, 2.05) is 35.8 Å². The van der Waals surface area contributed by atoms with Crippen LogP contribution in [0.4, 0.5) is 10.1 Å². The maximum Gasteiger partial charge on any atom is 0.232 e. The molecule has 30 heavy (non-hydrogen) atoms. The number of carbonyl (C=O) groups excluding carboxylic acids is 1. The normalized spacial score (nSPS) is 10.6. The molecule has 0 aliphatic heterocycles. The van der Waals surface area contributed by atoms with Gasteiger partial charge in [0.25, 0.3) is 0 Å². The van der Waals surface area contributed by atoms with E-state index in [1.165, 1.54) is 23.9 Å². The molecule has 1 heterocycles. The lowest BCUT2D eigenvalue weighted by atomic mass is 10.3. The fraction of sp³-hybridized carbons (Fsp3) is 0.286. The number of aromatic nitrogens is 3. The van der Waals surface area contributed by atoms with Gasteiger partial charge in [0, 0.05) is 12.3 Å². The van der Waals surface area contributed by atoms with Crippen LogP contribution in [0.5, 0.6) is 11.5 Å². The summed E-state index contributed by atoms with van der Waals surface area (Å²) in [5, 5.41) is 11.6. The lowest BCUT2D eigenvalue weighted by Gasteiger charge is -2.09. The van der Waals surface area contributed by atoms with Crippen molar-refractivity contribution in [2.75, 3.05) is 24.8 Å². The SMILES string of the molecule is CCn1c(CC(=O)Nc2ccccc2F)nnc1SCCOc1ccc(OC)cc1. The standard InChI is InChI=1S/C21H23FN4O3S/c1-3-26-19(14-20(27)23-18-7-5-4-6-17(18)22)24-25-21(26)30-13-12-29-16-10-8-15(28-2)9-11-16/h4-11H,3,12-14H2,1-2H3,(H,23,27). The van der Waals surface area contributed by atoms with Gasteiger partial charge in [-0.25, -0.2) is 4.39 Å². The molecule has 158 valence electrons. The van der Waals surface area contributed by atoms with Crippen LogP contribution in [0, 0.1) is 5.82 Å². The van der Waals surface area contributed by atoms with Gasteiger partial charge in [-0.1, -0.05) is 23.9 Å². The zero-order valence-electron chi connectivity index (χ0n) is 16.8. The molecule has 0 saturated heterocycles. The first-order valence-electron chi connectivity index (χ1n) is 9.46. The number of benzene rings is 2. The van der Waals surface area contributed by atoms with Crippen molar-refractivity contribution >= 4 is 23.4 Å². The van der Waals surface area contributed by atoms with Crippen molar-refractivity contribution in [3.63, 3.8) is 0 Å². The second-order valence-corrected chi connectivity index (χ2v) is 7.28. The smallest absolute Gasteiger partial charge is 0.232 e.